The fourth-order valence-corrected chi connectivity index (χ4v) is 4.20. The van der Waals surface area contributed by atoms with Crippen LogP contribution in [0.3, 0.4) is 0 Å². The van der Waals surface area contributed by atoms with E-state index < -0.39 is 17.9 Å². The third-order valence-electron chi connectivity index (χ3n) is 5.94. The maximum absolute atomic E-state index is 12.9. The van der Waals surface area contributed by atoms with Gasteiger partial charge in [-0.15, -0.1) is 0 Å². The van der Waals surface area contributed by atoms with Crippen LogP contribution in [0.2, 0.25) is 5.02 Å². The van der Waals surface area contributed by atoms with Crippen LogP contribution >= 0.6 is 11.6 Å². The molecule has 0 spiro atoms. The number of phenols is 1. The first-order valence-electron chi connectivity index (χ1n) is 11.8. The van der Waals surface area contributed by atoms with E-state index in [2.05, 4.69) is 15.8 Å². The topological polar surface area (TPSA) is 134 Å². The largest absolute Gasteiger partial charge is 0.506 e. The molecule has 9 heteroatoms. The summed E-state index contributed by atoms with van der Waals surface area (Å²) in [4.78, 5) is 37.2. The number of hydrazone groups is 1. The number of nitrogens with zero attached hydrogens (tertiary/aromatic N) is 1. The Hall–Kier alpha value is -4.69. The van der Waals surface area contributed by atoms with Crippen molar-refractivity contribution in [3.63, 3.8) is 0 Å². The van der Waals surface area contributed by atoms with Gasteiger partial charge in [0.25, 0.3) is 5.91 Å². The van der Waals surface area contributed by atoms with Gasteiger partial charge < -0.3 is 16.2 Å². The van der Waals surface area contributed by atoms with Gasteiger partial charge in [0.05, 0.1) is 17.7 Å². The maximum atomic E-state index is 12.9. The Morgan fingerprint density at radius 1 is 0.947 bits per heavy atom. The number of fused-ring (bicyclic) bond motifs is 1. The number of primary amides is 1. The Labute approximate surface area is 224 Å². The molecule has 1 atom stereocenters. The number of hydrogen-bond donors (Lipinski definition) is 4. The Kier molecular flexibility index (Phi) is 8.35. The van der Waals surface area contributed by atoms with Crippen LogP contribution in [0.4, 0.5) is 0 Å². The van der Waals surface area contributed by atoms with Crippen LogP contribution in [-0.4, -0.2) is 35.1 Å². The second-order valence-electron chi connectivity index (χ2n) is 8.61. The molecule has 0 heterocycles. The highest BCUT2D eigenvalue weighted by Gasteiger charge is 2.19. The molecular weight excluding hydrogens is 504 g/mol. The van der Waals surface area contributed by atoms with Crippen LogP contribution in [0.5, 0.6) is 5.75 Å². The molecule has 4 rings (SSSR count). The number of amides is 3. The standard InChI is InChI=1S/C29H25ClN4O4/c30-24-15-20(12-13-26(24)35)29(38)34-32-17-21-11-10-19(22-8-4-5-9-23(21)22)16-27(36)33-25(28(31)37)14-18-6-2-1-3-7-18/h1-13,15,17,25,35H,14,16H2,(H2,31,37)(H,33,36)(H,34,38). The van der Waals surface area contributed by atoms with E-state index >= 15 is 0 Å². The Bertz CT molecular complexity index is 1520. The summed E-state index contributed by atoms with van der Waals surface area (Å²) in [7, 11) is 0. The summed E-state index contributed by atoms with van der Waals surface area (Å²) in [6, 6.07) is 23.7. The summed E-state index contributed by atoms with van der Waals surface area (Å²) >= 11 is 5.86. The van der Waals surface area contributed by atoms with E-state index in [1.54, 1.807) is 12.1 Å². The average Bonchev–Trinajstić information content (AvgIpc) is 2.91. The molecule has 8 nitrogen and oxygen atoms in total. The molecule has 3 amide bonds. The zero-order valence-electron chi connectivity index (χ0n) is 20.2. The van der Waals surface area contributed by atoms with E-state index in [0.717, 1.165) is 27.5 Å². The maximum Gasteiger partial charge on any atom is 0.271 e. The molecule has 5 N–H and O–H groups in total. The molecule has 1 unspecified atom stereocenters. The number of nitrogens with one attached hydrogen (secondary N) is 2. The van der Waals surface area contributed by atoms with E-state index in [4.69, 9.17) is 17.3 Å². The van der Waals surface area contributed by atoms with E-state index in [1.165, 1.54) is 24.4 Å². The minimum Gasteiger partial charge on any atom is -0.506 e. The van der Waals surface area contributed by atoms with Crippen molar-refractivity contribution in [2.45, 2.75) is 18.9 Å². The fourth-order valence-electron chi connectivity index (χ4n) is 4.02. The van der Waals surface area contributed by atoms with Gasteiger partial charge in [-0.05, 0) is 40.1 Å². The molecule has 0 aromatic heterocycles. The average molecular weight is 529 g/mol. The molecule has 0 saturated carbocycles. The lowest BCUT2D eigenvalue weighted by atomic mass is 9.97. The SMILES string of the molecule is NC(=O)C(Cc1ccccc1)NC(=O)Cc1ccc(C=NNC(=O)c2ccc(O)c(Cl)c2)c2ccccc12. The third-order valence-corrected chi connectivity index (χ3v) is 6.24. The smallest absolute Gasteiger partial charge is 0.271 e. The molecule has 0 fully saturated rings. The van der Waals surface area contributed by atoms with Crippen molar-refractivity contribution >= 4 is 46.3 Å². The van der Waals surface area contributed by atoms with Crippen molar-refractivity contribution in [1.29, 1.82) is 0 Å². The van der Waals surface area contributed by atoms with Crippen molar-refractivity contribution in [2.24, 2.45) is 10.8 Å². The normalized spacial score (nSPS) is 11.8. The number of carbonyl (C=O) groups is 3. The Morgan fingerprint density at radius 2 is 1.66 bits per heavy atom. The van der Waals surface area contributed by atoms with Crippen molar-refractivity contribution in [3.8, 4) is 5.75 Å². The predicted octanol–water partition coefficient (Wildman–Crippen LogP) is 3.72. The number of nitrogens with two attached hydrogens (primary N) is 1. The van der Waals surface area contributed by atoms with Crippen molar-refractivity contribution in [1.82, 2.24) is 10.7 Å². The summed E-state index contributed by atoms with van der Waals surface area (Å²) in [5, 5.41) is 18.0. The van der Waals surface area contributed by atoms with Crippen molar-refractivity contribution < 1.29 is 19.5 Å². The highest BCUT2D eigenvalue weighted by molar-refractivity contribution is 6.32. The number of halogens is 1. The summed E-state index contributed by atoms with van der Waals surface area (Å²) in [5.74, 6) is -1.53. The Morgan fingerprint density at radius 3 is 2.37 bits per heavy atom. The van der Waals surface area contributed by atoms with Crippen LogP contribution in [0.1, 0.15) is 27.0 Å². The predicted molar refractivity (Wildman–Crippen MR) is 147 cm³/mol. The molecular formula is C29H25ClN4O4. The number of phenolic OH excluding ortho intramolecular Hbond substituents is 1. The highest BCUT2D eigenvalue weighted by Crippen LogP contribution is 2.24. The lowest BCUT2D eigenvalue weighted by Crippen LogP contribution is -2.46. The first-order valence-corrected chi connectivity index (χ1v) is 12.1. The minimum absolute atomic E-state index is 0.0505. The molecule has 192 valence electrons. The second kappa shape index (κ2) is 12.0. The molecule has 0 aliphatic carbocycles. The van der Waals surface area contributed by atoms with Crippen molar-refractivity contribution in [2.75, 3.05) is 0 Å². The highest BCUT2D eigenvalue weighted by atomic mass is 35.5. The number of aromatic hydroxyl groups is 1. The molecule has 0 bridgehead atoms. The molecule has 0 aliphatic rings. The summed E-state index contributed by atoms with van der Waals surface area (Å²) < 4.78 is 0. The number of hydrogen-bond acceptors (Lipinski definition) is 5. The summed E-state index contributed by atoms with van der Waals surface area (Å²) in [6.07, 6.45) is 1.87. The van der Waals surface area contributed by atoms with Crippen LogP contribution in [0.25, 0.3) is 10.8 Å². The lowest BCUT2D eigenvalue weighted by Gasteiger charge is -2.16. The molecule has 4 aromatic carbocycles. The first-order chi connectivity index (χ1) is 18.3. The monoisotopic (exact) mass is 528 g/mol. The van der Waals surface area contributed by atoms with Crippen molar-refractivity contribution in [3.05, 3.63) is 112 Å². The number of benzene rings is 4. The van der Waals surface area contributed by atoms with Gasteiger partial charge in [-0.3, -0.25) is 14.4 Å². The van der Waals surface area contributed by atoms with E-state index in [1.807, 2.05) is 54.6 Å². The van der Waals surface area contributed by atoms with E-state index in [9.17, 15) is 19.5 Å². The molecule has 0 saturated heterocycles. The summed E-state index contributed by atoms with van der Waals surface area (Å²) in [5.41, 5.74) is 10.6. The fraction of sp³-hybridized carbons (Fsp3) is 0.103. The lowest BCUT2D eigenvalue weighted by molar-refractivity contribution is -0.126. The Balaban J connectivity index is 1.47. The van der Waals surface area contributed by atoms with Gasteiger partial charge in [0.15, 0.2) is 0 Å². The molecule has 4 aromatic rings. The summed E-state index contributed by atoms with van der Waals surface area (Å²) in [6.45, 7) is 0. The second-order valence-corrected chi connectivity index (χ2v) is 9.02. The van der Waals surface area contributed by atoms with Crippen LogP contribution < -0.4 is 16.5 Å². The first kappa shape index (κ1) is 26.4. The van der Waals surface area contributed by atoms with E-state index in [0.29, 0.717) is 6.42 Å². The van der Waals surface area contributed by atoms with Gasteiger partial charge >= 0.3 is 0 Å². The zero-order valence-corrected chi connectivity index (χ0v) is 21.0. The minimum atomic E-state index is -0.824. The zero-order chi connectivity index (χ0) is 27.1. The van der Waals surface area contributed by atoms with Gasteiger partial charge in [0.2, 0.25) is 11.8 Å². The third kappa shape index (κ3) is 6.54. The van der Waals surface area contributed by atoms with E-state index in [-0.39, 0.29) is 28.7 Å². The molecule has 0 radical (unpaired) electrons. The number of rotatable bonds is 9. The van der Waals surface area contributed by atoms with Gasteiger partial charge in [0.1, 0.15) is 11.8 Å². The van der Waals surface area contributed by atoms with Crippen LogP contribution in [-0.2, 0) is 22.4 Å². The quantitative estimate of drug-likeness (QED) is 0.194. The van der Waals surface area contributed by atoms with Gasteiger partial charge in [-0.2, -0.15) is 5.10 Å². The van der Waals surface area contributed by atoms with Gasteiger partial charge in [-0.25, -0.2) is 5.43 Å². The van der Waals surface area contributed by atoms with Gasteiger partial charge in [-0.1, -0.05) is 78.3 Å². The number of carbonyl (C=O) groups excluding carboxylic acids is 3. The molecule has 38 heavy (non-hydrogen) atoms. The van der Waals surface area contributed by atoms with Crippen LogP contribution in [0.15, 0.2) is 90.0 Å². The van der Waals surface area contributed by atoms with Crippen LogP contribution in [0, 0.1) is 0 Å². The molecule has 0 aliphatic heterocycles. The van der Waals surface area contributed by atoms with Gasteiger partial charge in [0, 0.05) is 17.5 Å².